The first-order chi connectivity index (χ1) is 9.28. The van der Waals surface area contributed by atoms with Crippen molar-refractivity contribution >= 4 is 0 Å². The van der Waals surface area contributed by atoms with Crippen LogP contribution in [0.2, 0.25) is 0 Å². The molecule has 1 aromatic rings. The number of hydrogen-bond donors (Lipinski definition) is 1. The Morgan fingerprint density at radius 3 is 2.47 bits per heavy atom. The zero-order valence-electron chi connectivity index (χ0n) is 12.0. The number of piperidine rings is 1. The molecule has 0 aromatic heterocycles. The minimum absolute atomic E-state index is 0.438. The smallest absolute Gasteiger partial charge is 0.0171 e. The molecule has 19 heavy (non-hydrogen) atoms. The molecule has 0 bridgehead atoms. The van der Waals surface area contributed by atoms with Crippen LogP contribution in [0.15, 0.2) is 30.3 Å². The molecule has 1 saturated heterocycles. The topological polar surface area (TPSA) is 29.3 Å². The van der Waals surface area contributed by atoms with E-state index < -0.39 is 0 Å². The highest BCUT2D eigenvalue weighted by atomic mass is 15.2. The third-order valence-corrected chi connectivity index (χ3v) is 5.50. The normalized spacial score (nSPS) is 30.2. The van der Waals surface area contributed by atoms with E-state index in [2.05, 4.69) is 42.2 Å². The van der Waals surface area contributed by atoms with Crippen molar-refractivity contribution in [2.45, 2.75) is 44.6 Å². The van der Waals surface area contributed by atoms with Crippen LogP contribution in [0.25, 0.3) is 0 Å². The number of nitrogens with two attached hydrogens (primary N) is 1. The number of hydrogen-bond acceptors (Lipinski definition) is 2. The first-order valence-corrected chi connectivity index (χ1v) is 7.77. The molecule has 0 amide bonds. The lowest BCUT2D eigenvalue weighted by Gasteiger charge is -2.41. The summed E-state index contributed by atoms with van der Waals surface area (Å²) in [6, 6.07) is 11.8. The van der Waals surface area contributed by atoms with Crippen LogP contribution in [0.5, 0.6) is 0 Å². The Labute approximate surface area is 117 Å². The van der Waals surface area contributed by atoms with Gasteiger partial charge in [-0.25, -0.2) is 0 Å². The van der Waals surface area contributed by atoms with E-state index in [9.17, 15) is 0 Å². The number of rotatable bonds is 4. The molecule has 2 atom stereocenters. The average Bonchev–Trinajstić information content (AvgIpc) is 3.29. The maximum absolute atomic E-state index is 5.99. The molecule has 3 rings (SSSR count). The summed E-state index contributed by atoms with van der Waals surface area (Å²) >= 11 is 0. The first kappa shape index (κ1) is 13.1. The fraction of sp³-hybridized carbons (Fsp3) is 0.647. The Hall–Kier alpha value is -0.860. The molecule has 2 N–H and O–H groups in total. The van der Waals surface area contributed by atoms with E-state index in [1.807, 2.05) is 0 Å². The van der Waals surface area contributed by atoms with Gasteiger partial charge in [-0.1, -0.05) is 37.3 Å². The van der Waals surface area contributed by atoms with Crippen molar-refractivity contribution in [2.75, 3.05) is 19.6 Å². The third kappa shape index (κ3) is 2.56. The zero-order valence-corrected chi connectivity index (χ0v) is 12.0. The van der Waals surface area contributed by atoms with Gasteiger partial charge in [0.25, 0.3) is 0 Å². The minimum atomic E-state index is 0.438. The van der Waals surface area contributed by atoms with E-state index in [1.54, 1.807) is 0 Å². The molecule has 1 saturated carbocycles. The van der Waals surface area contributed by atoms with Crippen molar-refractivity contribution in [3.63, 3.8) is 0 Å². The van der Waals surface area contributed by atoms with Crippen molar-refractivity contribution < 1.29 is 0 Å². The zero-order chi connectivity index (χ0) is 13.3. The van der Waals surface area contributed by atoms with Gasteiger partial charge in [-0.15, -0.1) is 0 Å². The van der Waals surface area contributed by atoms with Crippen LogP contribution in [0.3, 0.4) is 0 Å². The highest BCUT2D eigenvalue weighted by Gasteiger charge is 2.45. The van der Waals surface area contributed by atoms with Gasteiger partial charge in [0.05, 0.1) is 0 Å². The van der Waals surface area contributed by atoms with Crippen molar-refractivity contribution in [1.29, 1.82) is 0 Å². The summed E-state index contributed by atoms with van der Waals surface area (Å²) in [7, 11) is 0. The summed E-state index contributed by atoms with van der Waals surface area (Å²) in [5.74, 6) is 0.785. The highest BCUT2D eigenvalue weighted by molar-refractivity contribution is 5.28. The standard InChI is InChI=1S/C17H26N2/c1-2-17(13-18)8-10-19(11-9-17)16-12-15(16)14-6-4-3-5-7-14/h3-7,15-16H,2,8-13,18H2,1H3. The van der Waals surface area contributed by atoms with E-state index in [0.717, 1.165) is 18.5 Å². The molecule has 2 fully saturated rings. The quantitative estimate of drug-likeness (QED) is 0.899. The van der Waals surface area contributed by atoms with Crippen LogP contribution in [0, 0.1) is 5.41 Å². The SMILES string of the molecule is CCC1(CN)CCN(C2CC2c2ccccc2)CC1. The summed E-state index contributed by atoms with van der Waals surface area (Å²) in [6.45, 7) is 5.66. The molecule has 2 unspecified atom stereocenters. The second kappa shape index (κ2) is 5.26. The van der Waals surface area contributed by atoms with Gasteiger partial charge in [0.2, 0.25) is 0 Å². The van der Waals surface area contributed by atoms with Crippen molar-refractivity contribution in [1.82, 2.24) is 4.90 Å². The van der Waals surface area contributed by atoms with Crippen molar-refractivity contribution in [3.8, 4) is 0 Å². The van der Waals surface area contributed by atoms with Gasteiger partial charge < -0.3 is 5.73 Å². The molecule has 2 aliphatic rings. The summed E-state index contributed by atoms with van der Waals surface area (Å²) < 4.78 is 0. The van der Waals surface area contributed by atoms with Crippen LogP contribution < -0.4 is 5.73 Å². The number of nitrogens with zero attached hydrogens (tertiary/aromatic N) is 1. The van der Waals surface area contributed by atoms with Gasteiger partial charge in [-0.3, -0.25) is 4.90 Å². The van der Waals surface area contributed by atoms with Crippen LogP contribution in [-0.2, 0) is 0 Å². The molecule has 1 aliphatic heterocycles. The molecule has 1 heterocycles. The molecular weight excluding hydrogens is 232 g/mol. The van der Waals surface area contributed by atoms with E-state index in [0.29, 0.717) is 5.41 Å². The Bertz CT molecular complexity index is 401. The minimum Gasteiger partial charge on any atom is -0.330 e. The van der Waals surface area contributed by atoms with Crippen LogP contribution in [-0.4, -0.2) is 30.6 Å². The molecule has 1 aromatic carbocycles. The van der Waals surface area contributed by atoms with Crippen LogP contribution in [0.1, 0.15) is 44.1 Å². The Morgan fingerprint density at radius 2 is 1.89 bits per heavy atom. The lowest BCUT2D eigenvalue weighted by molar-refractivity contribution is 0.0992. The molecule has 104 valence electrons. The summed E-state index contributed by atoms with van der Waals surface area (Å²) in [5.41, 5.74) is 7.95. The van der Waals surface area contributed by atoms with E-state index >= 15 is 0 Å². The van der Waals surface area contributed by atoms with E-state index in [-0.39, 0.29) is 0 Å². The van der Waals surface area contributed by atoms with Crippen molar-refractivity contribution in [2.24, 2.45) is 11.1 Å². The fourth-order valence-electron chi connectivity index (χ4n) is 3.68. The monoisotopic (exact) mass is 258 g/mol. The van der Waals surface area contributed by atoms with Gasteiger partial charge in [0.15, 0.2) is 0 Å². The fourth-order valence-corrected chi connectivity index (χ4v) is 3.68. The second-order valence-electron chi connectivity index (χ2n) is 6.41. The van der Waals surface area contributed by atoms with Gasteiger partial charge >= 0.3 is 0 Å². The predicted octanol–water partition coefficient (Wildman–Crippen LogP) is 2.99. The molecular formula is C17H26N2. The number of benzene rings is 1. The first-order valence-electron chi connectivity index (χ1n) is 7.77. The Kier molecular flexibility index (Phi) is 3.64. The Morgan fingerprint density at radius 1 is 1.21 bits per heavy atom. The largest absolute Gasteiger partial charge is 0.330 e. The highest BCUT2D eigenvalue weighted by Crippen LogP contribution is 2.47. The molecule has 0 radical (unpaired) electrons. The third-order valence-electron chi connectivity index (χ3n) is 5.50. The van der Waals surface area contributed by atoms with Crippen LogP contribution in [0.4, 0.5) is 0 Å². The van der Waals surface area contributed by atoms with Crippen molar-refractivity contribution in [3.05, 3.63) is 35.9 Å². The summed E-state index contributed by atoms with van der Waals surface area (Å²) in [6.07, 6.45) is 5.17. The molecule has 1 aliphatic carbocycles. The van der Waals surface area contributed by atoms with Crippen LogP contribution >= 0.6 is 0 Å². The lowest BCUT2D eigenvalue weighted by atomic mass is 9.76. The van der Waals surface area contributed by atoms with Gasteiger partial charge in [0, 0.05) is 12.0 Å². The van der Waals surface area contributed by atoms with Gasteiger partial charge in [0.1, 0.15) is 0 Å². The van der Waals surface area contributed by atoms with Gasteiger partial charge in [-0.05, 0) is 56.3 Å². The summed E-state index contributed by atoms with van der Waals surface area (Å²) in [5, 5.41) is 0. The number of likely N-dealkylation sites (tertiary alicyclic amines) is 1. The second-order valence-corrected chi connectivity index (χ2v) is 6.41. The average molecular weight is 258 g/mol. The maximum atomic E-state index is 5.99. The maximum Gasteiger partial charge on any atom is 0.0171 e. The van der Waals surface area contributed by atoms with E-state index in [1.165, 1.54) is 44.3 Å². The molecule has 0 spiro atoms. The van der Waals surface area contributed by atoms with E-state index in [4.69, 9.17) is 5.73 Å². The lowest BCUT2D eigenvalue weighted by Crippen LogP contribution is -2.44. The predicted molar refractivity (Wildman–Crippen MR) is 80.2 cm³/mol. The summed E-state index contributed by atoms with van der Waals surface area (Å²) in [4.78, 5) is 2.71. The molecule has 2 heteroatoms. The molecule has 2 nitrogen and oxygen atoms in total. The Balaban J connectivity index is 1.57. The van der Waals surface area contributed by atoms with Gasteiger partial charge in [-0.2, -0.15) is 0 Å².